The quantitative estimate of drug-likeness (QED) is 0.561. The molecule has 0 fully saturated rings. The summed E-state index contributed by atoms with van der Waals surface area (Å²) in [5.74, 6) is 0.677. The molecule has 0 aliphatic carbocycles. The Morgan fingerprint density at radius 1 is 1.67 bits per heavy atom. The van der Waals surface area contributed by atoms with Crippen molar-refractivity contribution in [2.75, 3.05) is 6.54 Å². The van der Waals surface area contributed by atoms with Crippen LogP contribution < -0.4 is 5.43 Å². The topological polar surface area (TPSA) is 24.4 Å². The smallest absolute Gasteiger partial charge is 0.0436 e. The first-order valence-electron chi connectivity index (χ1n) is 3.42. The SMILES string of the molecule is CC(C)[C@@]1(C)C=NNC1. The van der Waals surface area contributed by atoms with Gasteiger partial charge in [-0.2, -0.15) is 5.10 Å². The Bertz CT molecular complexity index is 129. The molecule has 0 aromatic rings. The van der Waals surface area contributed by atoms with Gasteiger partial charge in [0, 0.05) is 18.2 Å². The number of hydrogen-bond donors (Lipinski definition) is 1. The van der Waals surface area contributed by atoms with E-state index in [9.17, 15) is 0 Å². The van der Waals surface area contributed by atoms with Crippen LogP contribution in [0.5, 0.6) is 0 Å². The highest BCUT2D eigenvalue weighted by Crippen LogP contribution is 2.25. The van der Waals surface area contributed by atoms with E-state index >= 15 is 0 Å². The van der Waals surface area contributed by atoms with Crippen LogP contribution >= 0.6 is 0 Å². The molecule has 2 heteroatoms. The average Bonchev–Trinajstić information content (AvgIpc) is 2.16. The molecule has 9 heavy (non-hydrogen) atoms. The average molecular weight is 126 g/mol. The molecule has 0 saturated carbocycles. The van der Waals surface area contributed by atoms with Crippen LogP contribution in [0.2, 0.25) is 0 Å². The standard InChI is InChI=1S/C7H14N2/c1-6(2)7(3)4-8-9-5-7/h4,6,9H,5H2,1-3H3/t7-/m0/s1. The van der Waals surface area contributed by atoms with Crippen LogP contribution in [0.3, 0.4) is 0 Å². The van der Waals surface area contributed by atoms with Crippen molar-refractivity contribution < 1.29 is 0 Å². The van der Waals surface area contributed by atoms with Gasteiger partial charge in [-0.25, -0.2) is 0 Å². The molecule has 1 atom stereocenters. The number of nitrogens with one attached hydrogen (secondary N) is 1. The Kier molecular flexibility index (Phi) is 1.47. The molecule has 0 radical (unpaired) electrons. The molecule has 1 aliphatic heterocycles. The summed E-state index contributed by atoms with van der Waals surface area (Å²) in [7, 11) is 0. The predicted molar refractivity (Wildman–Crippen MR) is 39.4 cm³/mol. The van der Waals surface area contributed by atoms with Crippen LogP contribution in [0.4, 0.5) is 0 Å². The molecular formula is C7H14N2. The summed E-state index contributed by atoms with van der Waals surface area (Å²) in [6, 6.07) is 0. The minimum Gasteiger partial charge on any atom is -0.309 e. The van der Waals surface area contributed by atoms with Gasteiger partial charge in [0.1, 0.15) is 0 Å². The van der Waals surface area contributed by atoms with E-state index in [4.69, 9.17) is 0 Å². The molecule has 0 amide bonds. The second-order valence-electron chi connectivity index (χ2n) is 3.25. The van der Waals surface area contributed by atoms with E-state index in [1.165, 1.54) is 0 Å². The van der Waals surface area contributed by atoms with Gasteiger partial charge in [0.2, 0.25) is 0 Å². The van der Waals surface area contributed by atoms with E-state index in [0.717, 1.165) is 6.54 Å². The highest BCUT2D eigenvalue weighted by Gasteiger charge is 2.28. The summed E-state index contributed by atoms with van der Waals surface area (Å²) in [4.78, 5) is 0. The zero-order chi connectivity index (χ0) is 6.91. The second-order valence-corrected chi connectivity index (χ2v) is 3.25. The van der Waals surface area contributed by atoms with Gasteiger partial charge in [0.15, 0.2) is 0 Å². The molecule has 52 valence electrons. The molecule has 2 nitrogen and oxygen atoms in total. The van der Waals surface area contributed by atoms with Gasteiger partial charge in [-0.1, -0.05) is 20.8 Å². The van der Waals surface area contributed by atoms with Gasteiger partial charge in [-0.05, 0) is 5.92 Å². The first kappa shape index (κ1) is 6.59. The number of rotatable bonds is 1. The van der Waals surface area contributed by atoms with E-state index in [-0.39, 0.29) is 0 Å². The molecule has 0 saturated heterocycles. The fourth-order valence-electron chi connectivity index (χ4n) is 0.808. The third-order valence-electron chi connectivity index (χ3n) is 2.23. The van der Waals surface area contributed by atoms with Gasteiger partial charge in [-0.3, -0.25) is 0 Å². The molecule has 0 spiro atoms. The molecule has 0 aromatic carbocycles. The first-order chi connectivity index (χ1) is 4.15. The van der Waals surface area contributed by atoms with Crippen LogP contribution in [-0.2, 0) is 0 Å². The van der Waals surface area contributed by atoms with Crippen LogP contribution in [-0.4, -0.2) is 12.8 Å². The first-order valence-corrected chi connectivity index (χ1v) is 3.42. The number of nitrogens with zero attached hydrogens (tertiary/aromatic N) is 1. The summed E-state index contributed by atoms with van der Waals surface area (Å²) in [6.45, 7) is 7.66. The van der Waals surface area contributed by atoms with Crippen molar-refractivity contribution in [1.82, 2.24) is 5.43 Å². The highest BCUT2D eigenvalue weighted by atomic mass is 15.3. The molecular weight excluding hydrogens is 112 g/mol. The van der Waals surface area contributed by atoms with Gasteiger partial charge < -0.3 is 5.43 Å². The molecule has 1 aliphatic rings. The Labute approximate surface area is 56.3 Å². The lowest BCUT2D eigenvalue weighted by Crippen LogP contribution is -2.29. The van der Waals surface area contributed by atoms with E-state index in [1.807, 2.05) is 6.21 Å². The lowest BCUT2D eigenvalue weighted by atomic mass is 9.81. The molecule has 0 aromatic heterocycles. The minimum atomic E-state index is 0.292. The Balaban J connectivity index is 2.62. The summed E-state index contributed by atoms with van der Waals surface area (Å²) in [5.41, 5.74) is 3.26. The maximum absolute atomic E-state index is 3.98. The van der Waals surface area contributed by atoms with E-state index in [1.54, 1.807) is 0 Å². The Hall–Kier alpha value is -0.530. The van der Waals surface area contributed by atoms with Gasteiger partial charge in [0.25, 0.3) is 0 Å². The largest absolute Gasteiger partial charge is 0.309 e. The zero-order valence-corrected chi connectivity index (χ0v) is 6.31. The Morgan fingerprint density at radius 2 is 2.33 bits per heavy atom. The summed E-state index contributed by atoms with van der Waals surface area (Å²) >= 11 is 0. The van der Waals surface area contributed by atoms with Crippen LogP contribution in [0.1, 0.15) is 20.8 Å². The van der Waals surface area contributed by atoms with Crippen molar-refractivity contribution in [3.05, 3.63) is 0 Å². The lowest BCUT2D eigenvalue weighted by Gasteiger charge is -2.23. The monoisotopic (exact) mass is 126 g/mol. The maximum atomic E-state index is 3.98. The van der Waals surface area contributed by atoms with Crippen molar-refractivity contribution in [2.45, 2.75) is 20.8 Å². The number of hydrogen-bond acceptors (Lipinski definition) is 2. The van der Waals surface area contributed by atoms with Crippen LogP contribution in [0, 0.1) is 11.3 Å². The van der Waals surface area contributed by atoms with Gasteiger partial charge in [0.05, 0.1) is 0 Å². The van der Waals surface area contributed by atoms with E-state index in [0.29, 0.717) is 11.3 Å². The van der Waals surface area contributed by atoms with Crippen LogP contribution in [0.15, 0.2) is 5.10 Å². The molecule has 0 bridgehead atoms. The third kappa shape index (κ3) is 1.07. The van der Waals surface area contributed by atoms with Crippen molar-refractivity contribution in [3.8, 4) is 0 Å². The molecule has 1 N–H and O–H groups in total. The molecule has 1 rings (SSSR count). The summed E-state index contributed by atoms with van der Waals surface area (Å²) in [5, 5.41) is 3.98. The van der Waals surface area contributed by atoms with Crippen molar-refractivity contribution in [2.24, 2.45) is 16.4 Å². The van der Waals surface area contributed by atoms with Gasteiger partial charge >= 0.3 is 0 Å². The Morgan fingerprint density at radius 3 is 2.56 bits per heavy atom. The maximum Gasteiger partial charge on any atom is 0.0436 e. The fourth-order valence-corrected chi connectivity index (χ4v) is 0.808. The normalized spacial score (nSPS) is 33.3. The lowest BCUT2D eigenvalue weighted by molar-refractivity contribution is 0.345. The van der Waals surface area contributed by atoms with E-state index < -0.39 is 0 Å². The molecule has 1 heterocycles. The highest BCUT2D eigenvalue weighted by molar-refractivity contribution is 5.67. The van der Waals surface area contributed by atoms with Crippen molar-refractivity contribution in [3.63, 3.8) is 0 Å². The third-order valence-corrected chi connectivity index (χ3v) is 2.23. The predicted octanol–water partition coefficient (Wildman–Crippen LogP) is 1.24. The zero-order valence-electron chi connectivity index (χ0n) is 6.31. The summed E-state index contributed by atoms with van der Waals surface area (Å²) < 4.78 is 0. The number of hydrazone groups is 1. The second kappa shape index (κ2) is 2.01. The van der Waals surface area contributed by atoms with Crippen LogP contribution in [0.25, 0.3) is 0 Å². The fraction of sp³-hybridized carbons (Fsp3) is 0.857. The summed E-state index contributed by atoms with van der Waals surface area (Å²) in [6.07, 6.45) is 2.01. The minimum absolute atomic E-state index is 0.292. The van der Waals surface area contributed by atoms with E-state index in [2.05, 4.69) is 31.3 Å². The van der Waals surface area contributed by atoms with Crippen molar-refractivity contribution in [1.29, 1.82) is 0 Å². The van der Waals surface area contributed by atoms with Crippen molar-refractivity contribution >= 4 is 6.21 Å². The molecule has 0 unspecified atom stereocenters. The van der Waals surface area contributed by atoms with Gasteiger partial charge in [-0.15, -0.1) is 0 Å².